The highest BCUT2D eigenvalue weighted by Crippen LogP contribution is 2.12. The third-order valence-electron chi connectivity index (χ3n) is 2.55. The van der Waals surface area contributed by atoms with Gasteiger partial charge in [0.1, 0.15) is 0 Å². The van der Waals surface area contributed by atoms with E-state index in [1.54, 1.807) is 6.08 Å². The molecule has 0 spiro atoms. The van der Waals surface area contributed by atoms with Crippen molar-refractivity contribution in [2.45, 2.75) is 58.0 Å². The minimum atomic E-state index is -0.182. The van der Waals surface area contributed by atoms with E-state index in [4.69, 9.17) is 4.74 Å². The van der Waals surface area contributed by atoms with Crippen LogP contribution in [-0.4, -0.2) is 12.1 Å². The first-order valence-electron chi connectivity index (χ1n) is 5.66. The van der Waals surface area contributed by atoms with Gasteiger partial charge in [0.2, 0.25) is 0 Å². The second kappa shape index (κ2) is 6.63. The number of hydrogen-bond acceptors (Lipinski definition) is 2. The van der Waals surface area contributed by atoms with Gasteiger partial charge in [-0.15, -0.1) is 0 Å². The van der Waals surface area contributed by atoms with E-state index in [-0.39, 0.29) is 12.1 Å². The molecular formula is C12H20O2. The van der Waals surface area contributed by atoms with Gasteiger partial charge < -0.3 is 4.74 Å². The fourth-order valence-corrected chi connectivity index (χ4v) is 1.70. The summed E-state index contributed by atoms with van der Waals surface area (Å²) in [5, 5.41) is 0. The molecule has 0 aliphatic carbocycles. The summed E-state index contributed by atoms with van der Waals surface area (Å²) in [5.74, 6) is -0.182. The van der Waals surface area contributed by atoms with Gasteiger partial charge in [0.05, 0.1) is 6.10 Å². The molecule has 0 N–H and O–H groups in total. The molecule has 1 rings (SSSR count). The Hall–Kier alpha value is -0.790. The molecule has 1 atom stereocenters. The lowest BCUT2D eigenvalue weighted by Crippen LogP contribution is -2.12. The lowest BCUT2D eigenvalue weighted by Gasteiger charge is -2.12. The Morgan fingerprint density at radius 2 is 1.93 bits per heavy atom. The van der Waals surface area contributed by atoms with E-state index in [2.05, 4.69) is 0 Å². The van der Waals surface area contributed by atoms with Crippen LogP contribution in [0.15, 0.2) is 12.2 Å². The molecule has 0 aromatic heterocycles. The summed E-state index contributed by atoms with van der Waals surface area (Å²) in [5.41, 5.74) is 0. The zero-order valence-corrected chi connectivity index (χ0v) is 9.00. The van der Waals surface area contributed by atoms with Gasteiger partial charge in [-0.3, -0.25) is 0 Å². The maximum absolute atomic E-state index is 11.2. The van der Waals surface area contributed by atoms with E-state index in [0.717, 1.165) is 12.8 Å². The largest absolute Gasteiger partial charge is 0.460 e. The second-order valence-corrected chi connectivity index (χ2v) is 3.99. The molecule has 1 heterocycles. The summed E-state index contributed by atoms with van der Waals surface area (Å²) in [6.07, 6.45) is 11.8. The van der Waals surface area contributed by atoms with Crippen LogP contribution >= 0.6 is 0 Å². The Labute approximate surface area is 86.3 Å². The first kappa shape index (κ1) is 11.3. The maximum Gasteiger partial charge on any atom is 0.330 e. The highest BCUT2D eigenvalue weighted by Gasteiger charge is 2.06. The Balaban J connectivity index is 2.38. The van der Waals surface area contributed by atoms with Gasteiger partial charge in [0.15, 0.2) is 0 Å². The van der Waals surface area contributed by atoms with Crippen LogP contribution in [0.2, 0.25) is 0 Å². The molecule has 1 aliphatic rings. The predicted octanol–water partition coefficient (Wildman–Crippen LogP) is 3.22. The number of rotatable bonds is 0. The van der Waals surface area contributed by atoms with Crippen molar-refractivity contribution in [1.82, 2.24) is 0 Å². The quantitative estimate of drug-likeness (QED) is 0.556. The van der Waals surface area contributed by atoms with Crippen molar-refractivity contribution in [3.63, 3.8) is 0 Å². The number of allylic oxidation sites excluding steroid dienone is 1. The molecule has 0 fully saturated rings. The van der Waals surface area contributed by atoms with Crippen molar-refractivity contribution in [2.75, 3.05) is 0 Å². The Morgan fingerprint density at radius 3 is 2.79 bits per heavy atom. The maximum atomic E-state index is 11.2. The zero-order chi connectivity index (χ0) is 10.2. The monoisotopic (exact) mass is 196 g/mol. The molecule has 80 valence electrons. The van der Waals surface area contributed by atoms with Crippen LogP contribution in [0.25, 0.3) is 0 Å². The topological polar surface area (TPSA) is 26.3 Å². The molecule has 0 aromatic rings. The van der Waals surface area contributed by atoms with Crippen LogP contribution in [0.4, 0.5) is 0 Å². The molecule has 1 unspecified atom stereocenters. The normalized spacial score (nSPS) is 26.1. The van der Waals surface area contributed by atoms with Crippen LogP contribution in [-0.2, 0) is 9.53 Å². The van der Waals surface area contributed by atoms with E-state index in [1.165, 1.54) is 32.1 Å². The Bertz CT molecular complexity index is 196. The summed E-state index contributed by atoms with van der Waals surface area (Å²) < 4.78 is 5.20. The first-order valence-corrected chi connectivity index (χ1v) is 5.66. The highest BCUT2D eigenvalue weighted by atomic mass is 16.5. The van der Waals surface area contributed by atoms with Crippen molar-refractivity contribution in [2.24, 2.45) is 0 Å². The molecule has 1 aliphatic heterocycles. The van der Waals surface area contributed by atoms with E-state index in [0.29, 0.717) is 0 Å². The number of ether oxygens (including phenoxy) is 1. The average Bonchev–Trinajstić information content (AvgIpc) is 2.13. The summed E-state index contributed by atoms with van der Waals surface area (Å²) in [6.45, 7) is 1.97. The van der Waals surface area contributed by atoms with Crippen LogP contribution < -0.4 is 0 Å². The summed E-state index contributed by atoms with van der Waals surface area (Å²) in [7, 11) is 0. The number of carbonyl (C=O) groups excluding carboxylic acids is 1. The molecule has 2 nitrogen and oxygen atoms in total. The van der Waals surface area contributed by atoms with Crippen LogP contribution in [0.3, 0.4) is 0 Å². The molecule has 0 aromatic carbocycles. The van der Waals surface area contributed by atoms with Crippen molar-refractivity contribution in [1.29, 1.82) is 0 Å². The molecule has 0 amide bonds. The van der Waals surface area contributed by atoms with E-state index < -0.39 is 0 Å². The van der Waals surface area contributed by atoms with Gasteiger partial charge in [-0.2, -0.15) is 0 Å². The van der Waals surface area contributed by atoms with Crippen molar-refractivity contribution in [3.05, 3.63) is 12.2 Å². The summed E-state index contributed by atoms with van der Waals surface area (Å²) in [4.78, 5) is 11.2. The Morgan fingerprint density at radius 1 is 1.21 bits per heavy atom. The van der Waals surface area contributed by atoms with Gasteiger partial charge in [-0.25, -0.2) is 4.79 Å². The second-order valence-electron chi connectivity index (χ2n) is 3.99. The molecule has 14 heavy (non-hydrogen) atoms. The first-order chi connectivity index (χ1) is 6.79. The third kappa shape index (κ3) is 5.05. The van der Waals surface area contributed by atoms with Gasteiger partial charge in [-0.05, 0) is 32.6 Å². The molecule has 2 heteroatoms. The van der Waals surface area contributed by atoms with Gasteiger partial charge in [-0.1, -0.05) is 25.3 Å². The standard InChI is InChI=1S/C12H20O2/c1-11-9-7-5-3-2-4-6-8-10-12(13)14-11/h8,10-11H,2-7,9H2,1H3. The molecule has 0 bridgehead atoms. The summed E-state index contributed by atoms with van der Waals surface area (Å²) >= 11 is 0. The SMILES string of the molecule is CC1CCCCCCCC=CC(=O)O1. The zero-order valence-electron chi connectivity index (χ0n) is 9.00. The lowest BCUT2D eigenvalue weighted by molar-refractivity contribution is -0.142. The van der Waals surface area contributed by atoms with Gasteiger partial charge in [0, 0.05) is 6.08 Å². The van der Waals surface area contributed by atoms with Crippen LogP contribution in [0, 0.1) is 0 Å². The third-order valence-corrected chi connectivity index (χ3v) is 2.55. The van der Waals surface area contributed by atoms with Crippen LogP contribution in [0.5, 0.6) is 0 Å². The molecule has 0 radical (unpaired) electrons. The Kier molecular flexibility index (Phi) is 5.35. The number of esters is 1. The number of hydrogen-bond donors (Lipinski definition) is 0. The molecular weight excluding hydrogens is 176 g/mol. The fourth-order valence-electron chi connectivity index (χ4n) is 1.70. The lowest BCUT2D eigenvalue weighted by atomic mass is 10.1. The highest BCUT2D eigenvalue weighted by molar-refractivity contribution is 5.81. The summed E-state index contributed by atoms with van der Waals surface area (Å²) in [6, 6.07) is 0. The number of cyclic esters (lactones) is 1. The van der Waals surface area contributed by atoms with E-state index in [9.17, 15) is 4.79 Å². The van der Waals surface area contributed by atoms with Crippen LogP contribution in [0.1, 0.15) is 51.9 Å². The molecule has 0 saturated heterocycles. The van der Waals surface area contributed by atoms with Crippen molar-refractivity contribution < 1.29 is 9.53 Å². The minimum absolute atomic E-state index is 0.0755. The van der Waals surface area contributed by atoms with Crippen molar-refractivity contribution >= 4 is 5.97 Å². The smallest absolute Gasteiger partial charge is 0.330 e. The van der Waals surface area contributed by atoms with Gasteiger partial charge in [0.25, 0.3) is 0 Å². The average molecular weight is 196 g/mol. The minimum Gasteiger partial charge on any atom is -0.460 e. The van der Waals surface area contributed by atoms with E-state index in [1.807, 2.05) is 13.0 Å². The van der Waals surface area contributed by atoms with Crippen molar-refractivity contribution in [3.8, 4) is 0 Å². The van der Waals surface area contributed by atoms with E-state index >= 15 is 0 Å². The molecule has 0 saturated carbocycles. The fraction of sp³-hybridized carbons (Fsp3) is 0.750. The predicted molar refractivity (Wildman–Crippen MR) is 57.0 cm³/mol. The number of carbonyl (C=O) groups is 1. The van der Waals surface area contributed by atoms with Gasteiger partial charge >= 0.3 is 5.97 Å².